The van der Waals surface area contributed by atoms with Gasteiger partial charge in [0, 0.05) is 16.8 Å². The van der Waals surface area contributed by atoms with E-state index in [0.717, 1.165) is 16.9 Å². The zero-order valence-electron chi connectivity index (χ0n) is 18.5. The van der Waals surface area contributed by atoms with Crippen molar-refractivity contribution in [2.75, 3.05) is 11.5 Å². The van der Waals surface area contributed by atoms with Gasteiger partial charge in [0.25, 0.3) is 17.2 Å². The topological polar surface area (TPSA) is 92.6 Å². The molecule has 0 aliphatic rings. The predicted octanol–water partition coefficient (Wildman–Crippen LogP) is 3.59. The molecule has 4 rings (SSSR count). The summed E-state index contributed by atoms with van der Waals surface area (Å²) in [5, 5.41) is 2.96. The maximum Gasteiger partial charge on any atom is 0.277 e. The fraction of sp³-hybridized carbons (Fsp3) is 0.250. The van der Waals surface area contributed by atoms with Crippen molar-refractivity contribution in [2.45, 2.75) is 34.2 Å². The van der Waals surface area contributed by atoms with E-state index < -0.39 is 0 Å². The minimum absolute atomic E-state index is 0.224. The second kappa shape index (κ2) is 8.66. The van der Waals surface area contributed by atoms with Crippen molar-refractivity contribution in [1.29, 1.82) is 0 Å². The van der Waals surface area contributed by atoms with Crippen LogP contribution in [0.5, 0.6) is 5.75 Å². The number of carbonyl (C=O) groups excluding carboxylic acids is 1. The number of ether oxygens (including phenoxy) is 1. The van der Waals surface area contributed by atoms with E-state index in [0.29, 0.717) is 23.4 Å². The highest BCUT2D eigenvalue weighted by Gasteiger charge is 2.23. The van der Waals surface area contributed by atoms with Crippen molar-refractivity contribution in [3.05, 3.63) is 86.8 Å². The van der Waals surface area contributed by atoms with E-state index in [4.69, 9.17) is 4.74 Å². The summed E-state index contributed by atoms with van der Waals surface area (Å²) >= 11 is 0. The smallest absolute Gasteiger partial charge is 0.277 e. The van der Waals surface area contributed by atoms with Crippen molar-refractivity contribution in [1.82, 2.24) is 19.6 Å². The number of benzene rings is 2. The molecule has 0 unspecified atom stereocenters. The van der Waals surface area contributed by atoms with Gasteiger partial charge in [0.1, 0.15) is 5.75 Å². The van der Waals surface area contributed by atoms with E-state index >= 15 is 0 Å². The van der Waals surface area contributed by atoms with Gasteiger partial charge in [-0.15, -0.1) is 0 Å². The quantitative estimate of drug-likeness (QED) is 0.504. The van der Waals surface area contributed by atoms with Crippen LogP contribution in [0.3, 0.4) is 0 Å². The summed E-state index contributed by atoms with van der Waals surface area (Å²) in [5.41, 5.74) is 3.37. The third kappa shape index (κ3) is 4.12. The van der Waals surface area contributed by atoms with Crippen molar-refractivity contribution < 1.29 is 9.53 Å². The number of amides is 1. The van der Waals surface area contributed by atoms with E-state index in [9.17, 15) is 9.59 Å². The van der Waals surface area contributed by atoms with Crippen LogP contribution in [0.1, 0.15) is 39.7 Å². The summed E-state index contributed by atoms with van der Waals surface area (Å²) in [4.78, 5) is 36.5. The number of nitrogens with zero attached hydrogens (tertiary/aromatic N) is 4. The Bertz CT molecular complexity index is 1320. The average Bonchev–Trinajstić information content (AvgIpc) is 3.21. The van der Waals surface area contributed by atoms with Crippen LogP contribution < -0.4 is 15.2 Å². The minimum atomic E-state index is -0.241. The summed E-state index contributed by atoms with van der Waals surface area (Å²) < 4.78 is 6.78. The fourth-order valence-corrected chi connectivity index (χ4v) is 3.35. The monoisotopic (exact) mass is 431 g/mol. The maximum absolute atomic E-state index is 13.5. The van der Waals surface area contributed by atoms with E-state index in [2.05, 4.69) is 15.1 Å². The Morgan fingerprint density at radius 3 is 2.38 bits per heavy atom. The number of fused-ring (bicyclic) bond motifs is 1. The molecule has 0 atom stereocenters. The molecule has 8 nitrogen and oxygen atoms in total. The molecule has 4 aromatic rings. The molecule has 2 aromatic heterocycles. The number of H-pyrrole nitrogens is 1. The zero-order chi connectivity index (χ0) is 22.8. The van der Waals surface area contributed by atoms with E-state index in [1.165, 1.54) is 9.42 Å². The maximum atomic E-state index is 13.5. The van der Waals surface area contributed by atoms with Gasteiger partial charge in [-0.1, -0.05) is 29.8 Å². The Balaban J connectivity index is 1.77. The molecule has 0 saturated heterocycles. The zero-order valence-corrected chi connectivity index (χ0v) is 18.5. The first-order valence-electron chi connectivity index (χ1n) is 10.4. The normalized spacial score (nSPS) is 11.0. The van der Waals surface area contributed by atoms with Crippen LogP contribution in [0.2, 0.25) is 0 Å². The van der Waals surface area contributed by atoms with Crippen molar-refractivity contribution in [3.8, 4) is 5.75 Å². The van der Waals surface area contributed by atoms with E-state index in [1.54, 1.807) is 26.0 Å². The van der Waals surface area contributed by atoms with Gasteiger partial charge in [0.2, 0.25) is 5.95 Å². The van der Waals surface area contributed by atoms with Crippen molar-refractivity contribution in [3.63, 3.8) is 0 Å². The van der Waals surface area contributed by atoms with Gasteiger partial charge in [-0.3, -0.25) is 19.6 Å². The number of aryl methyl sites for hydroxylation is 2. The number of hydrogen-bond acceptors (Lipinski definition) is 5. The highest BCUT2D eigenvalue weighted by atomic mass is 16.5. The molecule has 2 aromatic carbocycles. The second-order valence-electron chi connectivity index (χ2n) is 7.64. The van der Waals surface area contributed by atoms with Crippen molar-refractivity contribution >= 4 is 17.6 Å². The van der Waals surface area contributed by atoms with Gasteiger partial charge in [0.05, 0.1) is 13.2 Å². The Morgan fingerprint density at radius 2 is 1.72 bits per heavy atom. The molecule has 1 N–H and O–H groups in total. The van der Waals surface area contributed by atoms with Crippen LogP contribution in [0.15, 0.2) is 53.3 Å². The third-order valence-electron chi connectivity index (χ3n) is 5.33. The molecule has 0 aliphatic carbocycles. The molecule has 0 saturated carbocycles. The van der Waals surface area contributed by atoms with E-state index in [-0.39, 0.29) is 29.7 Å². The first-order valence-corrected chi connectivity index (χ1v) is 10.4. The SMILES string of the molecule is CCOc1ccc(CN(C(=O)c2ccc(C)cc2)c2nc3nc(C)c(C)c(=O)n3[nH]2)cc1. The number of aromatic nitrogens is 4. The average molecular weight is 431 g/mol. The van der Waals surface area contributed by atoms with Gasteiger partial charge in [0.15, 0.2) is 0 Å². The van der Waals surface area contributed by atoms with Crippen LogP contribution in [-0.2, 0) is 6.54 Å². The molecular weight excluding hydrogens is 406 g/mol. The van der Waals surface area contributed by atoms with Gasteiger partial charge in [-0.25, -0.2) is 4.98 Å². The van der Waals surface area contributed by atoms with Gasteiger partial charge in [-0.2, -0.15) is 9.50 Å². The summed E-state index contributed by atoms with van der Waals surface area (Å²) in [6, 6.07) is 14.9. The Morgan fingerprint density at radius 1 is 1.03 bits per heavy atom. The first-order chi connectivity index (χ1) is 15.4. The number of carbonyl (C=O) groups is 1. The largest absolute Gasteiger partial charge is 0.494 e. The number of anilines is 1. The number of nitrogens with one attached hydrogen (secondary N) is 1. The molecule has 2 heterocycles. The number of aromatic amines is 1. The molecular formula is C24H25N5O3. The second-order valence-corrected chi connectivity index (χ2v) is 7.64. The summed E-state index contributed by atoms with van der Waals surface area (Å²) in [6.45, 7) is 8.21. The van der Waals surface area contributed by atoms with Crippen LogP contribution in [-0.4, -0.2) is 32.1 Å². The fourth-order valence-electron chi connectivity index (χ4n) is 3.35. The summed E-state index contributed by atoms with van der Waals surface area (Å²) in [7, 11) is 0. The molecule has 8 heteroatoms. The van der Waals surface area contributed by atoms with E-state index in [1.807, 2.05) is 50.2 Å². The standard InChI is InChI=1S/C24H25N5O3/c1-5-32-20-12-8-18(9-13-20)14-28(22(31)19-10-6-15(2)7-11-19)24-26-23-25-17(4)16(3)21(30)29(23)27-24/h6-13H,5,14H2,1-4H3,(H,25,26,27). The molecule has 0 spiro atoms. The van der Waals surface area contributed by atoms with Gasteiger partial charge >= 0.3 is 0 Å². The number of hydrogen-bond donors (Lipinski definition) is 1. The highest BCUT2D eigenvalue weighted by molar-refractivity contribution is 6.05. The summed E-state index contributed by atoms with van der Waals surface area (Å²) in [5.74, 6) is 0.998. The molecule has 0 fully saturated rings. The molecule has 0 radical (unpaired) electrons. The third-order valence-corrected chi connectivity index (χ3v) is 5.33. The Labute approximate surface area is 185 Å². The lowest BCUT2D eigenvalue weighted by Crippen LogP contribution is -2.31. The van der Waals surface area contributed by atoms with Crippen LogP contribution >= 0.6 is 0 Å². The lowest BCUT2D eigenvalue weighted by atomic mass is 10.1. The van der Waals surface area contributed by atoms with Crippen LogP contribution in [0, 0.1) is 20.8 Å². The molecule has 164 valence electrons. The number of rotatable bonds is 6. The minimum Gasteiger partial charge on any atom is -0.494 e. The predicted molar refractivity (Wildman–Crippen MR) is 122 cm³/mol. The highest BCUT2D eigenvalue weighted by Crippen LogP contribution is 2.20. The molecule has 0 bridgehead atoms. The molecule has 32 heavy (non-hydrogen) atoms. The van der Waals surface area contributed by atoms with Crippen LogP contribution in [0.4, 0.5) is 5.95 Å². The molecule has 1 amide bonds. The Hall–Kier alpha value is -3.94. The Kier molecular flexibility index (Phi) is 5.77. The van der Waals surface area contributed by atoms with Gasteiger partial charge < -0.3 is 4.74 Å². The summed E-state index contributed by atoms with van der Waals surface area (Å²) in [6.07, 6.45) is 0. The van der Waals surface area contributed by atoms with Gasteiger partial charge in [-0.05, 0) is 57.5 Å². The molecule has 0 aliphatic heterocycles. The lowest BCUT2D eigenvalue weighted by Gasteiger charge is -2.20. The van der Waals surface area contributed by atoms with Crippen molar-refractivity contribution in [2.24, 2.45) is 0 Å². The van der Waals surface area contributed by atoms with Crippen LogP contribution in [0.25, 0.3) is 5.78 Å². The lowest BCUT2D eigenvalue weighted by molar-refractivity contribution is 0.0983. The first kappa shape index (κ1) is 21.3.